The first-order valence-electron chi connectivity index (χ1n) is 9.45. The van der Waals surface area contributed by atoms with Crippen molar-refractivity contribution in [1.29, 1.82) is 0 Å². The van der Waals surface area contributed by atoms with Crippen molar-refractivity contribution >= 4 is 5.96 Å². The van der Waals surface area contributed by atoms with E-state index in [2.05, 4.69) is 46.1 Å². The standard InChI is InChI=1S/C21H32N4O2/c1-6-25(7-2)19(20-9-8-14-27-20)15-23-21(22-3)24(4)16-17-10-12-18(26-5)13-11-17/h8-14,19H,6-7,15-16H2,1-5H3,(H,22,23). The minimum Gasteiger partial charge on any atom is -0.497 e. The van der Waals surface area contributed by atoms with E-state index in [0.717, 1.165) is 43.6 Å². The first kappa shape index (κ1) is 20.8. The molecule has 0 aliphatic rings. The molecule has 6 nitrogen and oxygen atoms in total. The van der Waals surface area contributed by atoms with Gasteiger partial charge in [-0.05, 0) is 42.9 Å². The summed E-state index contributed by atoms with van der Waals surface area (Å²) < 4.78 is 10.9. The smallest absolute Gasteiger partial charge is 0.193 e. The summed E-state index contributed by atoms with van der Waals surface area (Å²) in [5.74, 6) is 2.69. The van der Waals surface area contributed by atoms with Crippen LogP contribution >= 0.6 is 0 Å². The molecule has 0 amide bonds. The minimum absolute atomic E-state index is 0.168. The summed E-state index contributed by atoms with van der Waals surface area (Å²) in [6.45, 7) is 7.76. The molecule has 2 rings (SSSR count). The fourth-order valence-corrected chi connectivity index (χ4v) is 3.21. The van der Waals surface area contributed by atoms with Crippen LogP contribution < -0.4 is 10.1 Å². The van der Waals surface area contributed by atoms with E-state index in [4.69, 9.17) is 9.15 Å². The first-order valence-corrected chi connectivity index (χ1v) is 9.45. The number of methoxy groups -OCH3 is 1. The van der Waals surface area contributed by atoms with Gasteiger partial charge in [-0.15, -0.1) is 0 Å². The van der Waals surface area contributed by atoms with Gasteiger partial charge in [-0.1, -0.05) is 26.0 Å². The first-order chi connectivity index (χ1) is 13.1. The molecule has 0 aliphatic heterocycles. The highest BCUT2D eigenvalue weighted by molar-refractivity contribution is 5.79. The molecule has 1 aromatic heterocycles. The highest BCUT2D eigenvalue weighted by Gasteiger charge is 2.21. The van der Waals surface area contributed by atoms with Crippen molar-refractivity contribution in [3.8, 4) is 5.75 Å². The SMILES string of the molecule is CCN(CC)C(CNC(=NC)N(C)Cc1ccc(OC)cc1)c1ccco1. The van der Waals surface area contributed by atoms with Gasteiger partial charge in [0.05, 0.1) is 19.4 Å². The molecule has 27 heavy (non-hydrogen) atoms. The van der Waals surface area contributed by atoms with Gasteiger partial charge < -0.3 is 19.4 Å². The van der Waals surface area contributed by atoms with Gasteiger partial charge in [0, 0.05) is 27.2 Å². The van der Waals surface area contributed by atoms with Gasteiger partial charge in [0.25, 0.3) is 0 Å². The molecule has 1 unspecified atom stereocenters. The van der Waals surface area contributed by atoms with Crippen molar-refractivity contribution in [2.45, 2.75) is 26.4 Å². The number of furan rings is 1. The van der Waals surface area contributed by atoms with Gasteiger partial charge >= 0.3 is 0 Å². The molecule has 1 aromatic carbocycles. The van der Waals surface area contributed by atoms with Crippen molar-refractivity contribution in [2.75, 3.05) is 40.8 Å². The summed E-state index contributed by atoms with van der Waals surface area (Å²) in [5, 5.41) is 3.50. The van der Waals surface area contributed by atoms with E-state index in [1.165, 1.54) is 5.56 Å². The van der Waals surface area contributed by atoms with E-state index >= 15 is 0 Å². The summed E-state index contributed by atoms with van der Waals surface area (Å²) in [6.07, 6.45) is 1.73. The van der Waals surface area contributed by atoms with Crippen LogP contribution in [0.5, 0.6) is 5.75 Å². The van der Waals surface area contributed by atoms with Crippen molar-refractivity contribution in [3.05, 3.63) is 54.0 Å². The van der Waals surface area contributed by atoms with Gasteiger partial charge in [0.15, 0.2) is 5.96 Å². The molecule has 0 radical (unpaired) electrons. The molecule has 148 valence electrons. The Bertz CT molecular complexity index is 679. The molecule has 2 aromatic rings. The zero-order chi connectivity index (χ0) is 19.6. The van der Waals surface area contributed by atoms with E-state index in [9.17, 15) is 0 Å². The summed E-state index contributed by atoms with van der Waals surface area (Å²) in [5.41, 5.74) is 1.20. The molecule has 1 heterocycles. The number of ether oxygens (including phenoxy) is 1. The Balaban J connectivity index is 2.01. The van der Waals surface area contributed by atoms with Crippen LogP contribution in [0.25, 0.3) is 0 Å². The Morgan fingerprint density at radius 3 is 2.41 bits per heavy atom. The van der Waals surface area contributed by atoms with Crippen molar-refractivity contribution < 1.29 is 9.15 Å². The fourth-order valence-electron chi connectivity index (χ4n) is 3.21. The second-order valence-corrected chi connectivity index (χ2v) is 6.38. The Morgan fingerprint density at radius 2 is 1.89 bits per heavy atom. The maximum Gasteiger partial charge on any atom is 0.193 e. The summed E-state index contributed by atoms with van der Waals surface area (Å²) in [7, 11) is 5.53. The molecule has 0 saturated carbocycles. The number of aliphatic imine (C=N–C) groups is 1. The number of hydrogen-bond donors (Lipinski definition) is 1. The topological polar surface area (TPSA) is 53.2 Å². The van der Waals surface area contributed by atoms with Crippen LogP contribution in [0.3, 0.4) is 0 Å². The number of likely N-dealkylation sites (N-methyl/N-ethyl adjacent to an activating group) is 1. The van der Waals surface area contributed by atoms with Crippen LogP contribution in [0.4, 0.5) is 0 Å². The van der Waals surface area contributed by atoms with Crippen molar-refractivity contribution in [1.82, 2.24) is 15.1 Å². The van der Waals surface area contributed by atoms with E-state index in [1.807, 2.05) is 38.4 Å². The van der Waals surface area contributed by atoms with Crippen LogP contribution in [-0.4, -0.2) is 56.6 Å². The van der Waals surface area contributed by atoms with Gasteiger partial charge in [-0.3, -0.25) is 9.89 Å². The second-order valence-electron chi connectivity index (χ2n) is 6.38. The Labute approximate surface area is 162 Å². The minimum atomic E-state index is 0.168. The molecule has 1 atom stereocenters. The normalized spacial score (nSPS) is 12.9. The molecule has 0 aliphatic carbocycles. The van der Waals surface area contributed by atoms with Crippen LogP contribution in [-0.2, 0) is 6.54 Å². The third kappa shape index (κ3) is 5.76. The lowest BCUT2D eigenvalue weighted by Crippen LogP contribution is -2.43. The highest BCUT2D eigenvalue weighted by Crippen LogP contribution is 2.20. The summed E-state index contributed by atoms with van der Waals surface area (Å²) >= 11 is 0. The average Bonchev–Trinajstić information content (AvgIpc) is 3.22. The number of hydrogen-bond acceptors (Lipinski definition) is 4. The van der Waals surface area contributed by atoms with Crippen LogP contribution in [0.2, 0.25) is 0 Å². The zero-order valence-electron chi connectivity index (χ0n) is 17.1. The van der Waals surface area contributed by atoms with Gasteiger partial charge in [-0.25, -0.2) is 0 Å². The number of benzene rings is 1. The lowest BCUT2D eigenvalue weighted by atomic mass is 10.2. The lowest BCUT2D eigenvalue weighted by Gasteiger charge is -2.30. The summed E-state index contributed by atoms with van der Waals surface area (Å²) in [4.78, 5) is 8.93. The van der Waals surface area contributed by atoms with Crippen LogP contribution in [0.15, 0.2) is 52.1 Å². The van der Waals surface area contributed by atoms with Crippen LogP contribution in [0.1, 0.15) is 31.2 Å². The second kappa shape index (κ2) is 10.6. The van der Waals surface area contributed by atoms with Gasteiger partial charge in [0.1, 0.15) is 11.5 Å². The maximum atomic E-state index is 5.68. The largest absolute Gasteiger partial charge is 0.497 e. The highest BCUT2D eigenvalue weighted by atomic mass is 16.5. The zero-order valence-corrected chi connectivity index (χ0v) is 17.1. The monoisotopic (exact) mass is 372 g/mol. The molecule has 1 N–H and O–H groups in total. The number of nitrogens with one attached hydrogen (secondary N) is 1. The van der Waals surface area contributed by atoms with Crippen molar-refractivity contribution in [3.63, 3.8) is 0 Å². The van der Waals surface area contributed by atoms with Gasteiger partial charge in [-0.2, -0.15) is 0 Å². The van der Waals surface area contributed by atoms with E-state index in [0.29, 0.717) is 0 Å². The predicted octanol–water partition coefficient (Wildman–Crippen LogP) is 3.38. The third-order valence-electron chi connectivity index (χ3n) is 4.73. The molecular weight excluding hydrogens is 340 g/mol. The Kier molecular flexibility index (Phi) is 8.20. The quantitative estimate of drug-likeness (QED) is 0.540. The van der Waals surface area contributed by atoms with E-state index < -0.39 is 0 Å². The molecular formula is C21H32N4O2. The molecule has 6 heteroatoms. The van der Waals surface area contributed by atoms with Crippen molar-refractivity contribution in [2.24, 2.45) is 4.99 Å². The van der Waals surface area contributed by atoms with E-state index in [1.54, 1.807) is 13.4 Å². The Hall–Kier alpha value is -2.47. The fraction of sp³-hybridized carbons (Fsp3) is 0.476. The number of rotatable bonds is 9. The number of nitrogens with zero attached hydrogens (tertiary/aromatic N) is 3. The Morgan fingerprint density at radius 1 is 1.19 bits per heavy atom. The third-order valence-corrected chi connectivity index (χ3v) is 4.73. The summed E-state index contributed by atoms with van der Waals surface area (Å²) in [6, 6.07) is 12.2. The van der Waals surface area contributed by atoms with Gasteiger partial charge in [0.2, 0.25) is 0 Å². The van der Waals surface area contributed by atoms with Crippen LogP contribution in [0, 0.1) is 0 Å². The molecule has 0 fully saturated rings. The average molecular weight is 373 g/mol. The molecule has 0 bridgehead atoms. The molecule has 0 spiro atoms. The number of guanidine groups is 1. The molecule has 0 saturated heterocycles. The van der Waals surface area contributed by atoms with E-state index in [-0.39, 0.29) is 6.04 Å². The predicted molar refractivity (Wildman–Crippen MR) is 110 cm³/mol. The maximum absolute atomic E-state index is 5.68. The lowest BCUT2D eigenvalue weighted by molar-refractivity contribution is 0.192.